The van der Waals surface area contributed by atoms with Crippen LogP contribution in [0.3, 0.4) is 0 Å². The molecule has 0 bridgehead atoms. The maximum absolute atomic E-state index is 5.52. The predicted octanol–water partition coefficient (Wildman–Crippen LogP) is 1.95. The lowest BCUT2D eigenvalue weighted by Gasteiger charge is -2.25. The van der Waals surface area contributed by atoms with Gasteiger partial charge in [0.2, 0.25) is 0 Å². The predicted molar refractivity (Wildman–Crippen MR) is 75.3 cm³/mol. The number of likely N-dealkylation sites (N-methyl/N-ethyl adjacent to an activating group) is 1. The van der Waals surface area contributed by atoms with E-state index < -0.39 is 0 Å². The molecule has 1 aromatic carbocycles. The molecular weight excluding hydrogens is 224 g/mol. The van der Waals surface area contributed by atoms with Gasteiger partial charge in [-0.2, -0.15) is 0 Å². The molecule has 1 aromatic rings. The largest absolute Gasteiger partial charge is 0.496 e. The van der Waals surface area contributed by atoms with E-state index >= 15 is 0 Å². The summed E-state index contributed by atoms with van der Waals surface area (Å²) in [6.45, 7) is 3.41. The number of hydrogen-bond acceptors (Lipinski definition) is 3. The number of hydrogen-bond donors (Lipinski definition) is 1. The lowest BCUT2D eigenvalue weighted by Crippen LogP contribution is -2.26. The number of methoxy groups -OCH3 is 1. The van der Waals surface area contributed by atoms with E-state index in [4.69, 9.17) is 4.74 Å². The molecule has 18 heavy (non-hydrogen) atoms. The van der Waals surface area contributed by atoms with E-state index in [2.05, 4.69) is 35.5 Å². The molecule has 2 unspecified atom stereocenters. The van der Waals surface area contributed by atoms with E-state index in [1.54, 1.807) is 7.11 Å². The molecule has 0 spiro atoms. The average Bonchev–Trinajstić information content (AvgIpc) is 2.82. The van der Waals surface area contributed by atoms with Crippen LogP contribution < -0.4 is 10.1 Å². The van der Waals surface area contributed by atoms with Gasteiger partial charge in [0, 0.05) is 19.0 Å². The van der Waals surface area contributed by atoms with E-state index in [1.807, 2.05) is 13.1 Å². The Morgan fingerprint density at radius 3 is 2.83 bits per heavy atom. The van der Waals surface area contributed by atoms with Gasteiger partial charge in [0.1, 0.15) is 5.75 Å². The third kappa shape index (κ3) is 2.85. The normalized spacial score (nSPS) is 22.1. The molecule has 2 rings (SSSR count). The van der Waals surface area contributed by atoms with Crippen molar-refractivity contribution < 1.29 is 4.74 Å². The van der Waals surface area contributed by atoms with Crippen LogP contribution in [0.4, 0.5) is 0 Å². The number of ether oxygens (including phenoxy) is 1. The van der Waals surface area contributed by atoms with Crippen molar-refractivity contribution in [1.82, 2.24) is 10.2 Å². The van der Waals surface area contributed by atoms with E-state index in [1.165, 1.54) is 25.1 Å². The average molecular weight is 248 g/mol. The van der Waals surface area contributed by atoms with Gasteiger partial charge < -0.3 is 15.0 Å². The van der Waals surface area contributed by atoms with Crippen molar-refractivity contribution in [2.75, 3.05) is 40.8 Å². The number of nitrogens with one attached hydrogen (secondary N) is 1. The maximum Gasteiger partial charge on any atom is 0.122 e. The van der Waals surface area contributed by atoms with E-state index in [0.717, 1.165) is 18.2 Å². The molecule has 1 saturated heterocycles. The van der Waals surface area contributed by atoms with Gasteiger partial charge in [0.05, 0.1) is 7.11 Å². The van der Waals surface area contributed by atoms with E-state index in [-0.39, 0.29) is 0 Å². The van der Waals surface area contributed by atoms with Gasteiger partial charge in [-0.05, 0) is 44.6 Å². The molecule has 0 aliphatic carbocycles. The van der Waals surface area contributed by atoms with Gasteiger partial charge in [-0.15, -0.1) is 0 Å². The first kappa shape index (κ1) is 13.4. The molecule has 3 nitrogen and oxygen atoms in total. The zero-order valence-electron chi connectivity index (χ0n) is 11.6. The highest BCUT2D eigenvalue weighted by atomic mass is 16.5. The monoisotopic (exact) mass is 248 g/mol. The van der Waals surface area contributed by atoms with E-state index in [9.17, 15) is 0 Å². The first-order valence-electron chi connectivity index (χ1n) is 6.72. The zero-order valence-corrected chi connectivity index (χ0v) is 11.6. The Morgan fingerprint density at radius 2 is 2.22 bits per heavy atom. The quantitative estimate of drug-likeness (QED) is 0.862. The molecule has 100 valence electrons. The fraction of sp³-hybridized carbons (Fsp3) is 0.600. The summed E-state index contributed by atoms with van der Waals surface area (Å²) in [5, 5.41) is 3.34. The van der Waals surface area contributed by atoms with Gasteiger partial charge in [0.25, 0.3) is 0 Å². The summed E-state index contributed by atoms with van der Waals surface area (Å²) < 4.78 is 5.52. The second-order valence-corrected chi connectivity index (χ2v) is 5.22. The first-order chi connectivity index (χ1) is 8.76. The Labute approximate surface area is 110 Å². The highest BCUT2D eigenvalue weighted by molar-refractivity contribution is 5.37. The topological polar surface area (TPSA) is 24.5 Å². The number of benzene rings is 1. The van der Waals surface area contributed by atoms with Crippen LogP contribution in [0.5, 0.6) is 5.75 Å². The van der Waals surface area contributed by atoms with Crippen LogP contribution in [0.25, 0.3) is 0 Å². The van der Waals surface area contributed by atoms with Crippen LogP contribution >= 0.6 is 0 Å². The Kier molecular flexibility index (Phi) is 4.61. The van der Waals surface area contributed by atoms with Crippen molar-refractivity contribution in [3.8, 4) is 5.75 Å². The molecule has 1 N–H and O–H groups in total. The van der Waals surface area contributed by atoms with Crippen LogP contribution in [-0.4, -0.2) is 45.7 Å². The summed E-state index contributed by atoms with van der Waals surface area (Å²) in [5.41, 5.74) is 1.34. The Bertz CT molecular complexity index is 381. The fourth-order valence-electron chi connectivity index (χ4n) is 3.02. The van der Waals surface area contributed by atoms with Crippen molar-refractivity contribution in [2.45, 2.75) is 12.3 Å². The van der Waals surface area contributed by atoms with Gasteiger partial charge >= 0.3 is 0 Å². The summed E-state index contributed by atoms with van der Waals surface area (Å²) in [4.78, 5) is 2.42. The standard InChI is InChI=1S/C15H24N2O/c1-16-10-14(12-8-9-17(2)11-12)13-6-4-5-7-15(13)18-3/h4-7,12,14,16H,8-11H2,1-3H3. The van der Waals surface area contributed by atoms with Gasteiger partial charge in [-0.3, -0.25) is 0 Å². The highest BCUT2D eigenvalue weighted by Gasteiger charge is 2.29. The molecule has 0 saturated carbocycles. The van der Waals surface area contributed by atoms with Crippen LogP contribution in [-0.2, 0) is 0 Å². The molecule has 0 radical (unpaired) electrons. The number of nitrogens with zero attached hydrogens (tertiary/aromatic N) is 1. The van der Waals surface area contributed by atoms with Crippen molar-refractivity contribution >= 4 is 0 Å². The lowest BCUT2D eigenvalue weighted by atomic mass is 9.84. The summed E-state index contributed by atoms with van der Waals surface area (Å²) in [7, 11) is 6.00. The third-order valence-corrected chi connectivity index (χ3v) is 3.96. The van der Waals surface area contributed by atoms with Crippen molar-refractivity contribution in [3.63, 3.8) is 0 Å². The molecule has 2 atom stereocenters. The minimum atomic E-state index is 0.538. The molecular formula is C15H24N2O. The van der Waals surface area contributed by atoms with Crippen molar-refractivity contribution in [2.24, 2.45) is 5.92 Å². The zero-order chi connectivity index (χ0) is 13.0. The SMILES string of the molecule is CNCC(c1ccccc1OC)C1CCN(C)C1. The van der Waals surface area contributed by atoms with Gasteiger partial charge in [0.15, 0.2) is 0 Å². The van der Waals surface area contributed by atoms with Crippen LogP contribution in [0, 0.1) is 5.92 Å². The Morgan fingerprint density at radius 1 is 1.44 bits per heavy atom. The number of para-hydroxylation sites is 1. The molecule has 1 heterocycles. The Balaban J connectivity index is 2.23. The van der Waals surface area contributed by atoms with Gasteiger partial charge in [-0.25, -0.2) is 0 Å². The smallest absolute Gasteiger partial charge is 0.122 e. The second kappa shape index (κ2) is 6.21. The molecule has 0 aromatic heterocycles. The molecule has 1 aliphatic heterocycles. The van der Waals surface area contributed by atoms with Crippen molar-refractivity contribution in [1.29, 1.82) is 0 Å². The number of rotatable bonds is 5. The maximum atomic E-state index is 5.52. The molecule has 1 aliphatic rings. The fourth-order valence-corrected chi connectivity index (χ4v) is 3.02. The van der Waals surface area contributed by atoms with E-state index in [0.29, 0.717) is 5.92 Å². The minimum absolute atomic E-state index is 0.538. The summed E-state index contributed by atoms with van der Waals surface area (Å²) in [6, 6.07) is 8.43. The Hall–Kier alpha value is -1.06. The summed E-state index contributed by atoms with van der Waals surface area (Å²) >= 11 is 0. The molecule has 1 fully saturated rings. The minimum Gasteiger partial charge on any atom is -0.496 e. The van der Waals surface area contributed by atoms with Crippen LogP contribution in [0.15, 0.2) is 24.3 Å². The van der Waals surface area contributed by atoms with Gasteiger partial charge in [-0.1, -0.05) is 18.2 Å². The summed E-state index contributed by atoms with van der Waals surface area (Å²) in [6.07, 6.45) is 1.28. The molecule has 0 amide bonds. The summed E-state index contributed by atoms with van der Waals surface area (Å²) in [5.74, 6) is 2.28. The lowest BCUT2D eigenvalue weighted by molar-refractivity contribution is 0.353. The number of likely N-dealkylation sites (tertiary alicyclic amines) is 1. The molecule has 3 heteroatoms. The highest BCUT2D eigenvalue weighted by Crippen LogP contribution is 2.35. The van der Waals surface area contributed by atoms with Crippen LogP contribution in [0.2, 0.25) is 0 Å². The first-order valence-corrected chi connectivity index (χ1v) is 6.72. The second-order valence-electron chi connectivity index (χ2n) is 5.22. The third-order valence-electron chi connectivity index (χ3n) is 3.96. The van der Waals surface area contributed by atoms with Crippen LogP contribution in [0.1, 0.15) is 17.9 Å². The van der Waals surface area contributed by atoms with Crippen molar-refractivity contribution in [3.05, 3.63) is 29.8 Å².